The second-order valence-electron chi connectivity index (χ2n) is 6.64. The molecule has 3 rings (SSSR count). The highest BCUT2D eigenvalue weighted by Crippen LogP contribution is 2.46. The molecule has 1 aliphatic carbocycles. The van der Waals surface area contributed by atoms with Gasteiger partial charge in [-0.25, -0.2) is 0 Å². The van der Waals surface area contributed by atoms with Crippen molar-refractivity contribution < 1.29 is 9.59 Å². The van der Waals surface area contributed by atoms with Crippen molar-refractivity contribution in [1.82, 2.24) is 10.6 Å². The van der Waals surface area contributed by atoms with Gasteiger partial charge in [0.15, 0.2) is 0 Å². The number of halogens is 2. The van der Waals surface area contributed by atoms with Gasteiger partial charge in [-0.15, -0.1) is 0 Å². The Morgan fingerprint density at radius 3 is 2.46 bits per heavy atom. The fraction of sp³-hybridized carbons (Fsp3) is 0.300. The van der Waals surface area contributed by atoms with E-state index in [4.69, 9.17) is 23.2 Å². The molecule has 0 aliphatic heterocycles. The molecule has 4 nitrogen and oxygen atoms in total. The summed E-state index contributed by atoms with van der Waals surface area (Å²) in [6.45, 7) is 2.07. The molecule has 2 amide bonds. The molecule has 1 aliphatic rings. The third kappa shape index (κ3) is 4.57. The van der Waals surface area contributed by atoms with E-state index in [2.05, 4.69) is 17.6 Å². The molecule has 0 radical (unpaired) electrons. The first kappa shape index (κ1) is 18.7. The van der Waals surface area contributed by atoms with Crippen LogP contribution >= 0.6 is 23.2 Å². The SMILES string of the molecule is CC1CC1C(NC(=O)CNC(=O)c1ccc(Cl)cc1Cl)c1ccccc1. The minimum atomic E-state index is -0.405. The highest BCUT2D eigenvalue weighted by molar-refractivity contribution is 6.36. The molecule has 2 aromatic rings. The van der Waals surface area contributed by atoms with E-state index < -0.39 is 5.91 Å². The lowest BCUT2D eigenvalue weighted by molar-refractivity contribution is -0.121. The van der Waals surface area contributed by atoms with Crippen molar-refractivity contribution >= 4 is 35.0 Å². The number of hydrogen-bond acceptors (Lipinski definition) is 2. The minimum absolute atomic E-state index is 0.0327. The van der Waals surface area contributed by atoms with Gasteiger partial charge in [0.05, 0.1) is 23.2 Å². The van der Waals surface area contributed by atoms with E-state index in [9.17, 15) is 9.59 Å². The largest absolute Gasteiger partial charge is 0.347 e. The minimum Gasteiger partial charge on any atom is -0.347 e. The van der Waals surface area contributed by atoms with Gasteiger partial charge in [-0.2, -0.15) is 0 Å². The molecule has 26 heavy (non-hydrogen) atoms. The topological polar surface area (TPSA) is 58.2 Å². The molecule has 136 valence electrons. The van der Waals surface area contributed by atoms with Crippen LogP contribution in [0.2, 0.25) is 10.0 Å². The second kappa shape index (κ2) is 8.11. The van der Waals surface area contributed by atoms with E-state index in [1.54, 1.807) is 6.07 Å². The summed E-state index contributed by atoms with van der Waals surface area (Å²) in [6.07, 6.45) is 1.09. The van der Waals surface area contributed by atoms with Crippen LogP contribution in [-0.4, -0.2) is 18.4 Å². The lowest BCUT2D eigenvalue weighted by Gasteiger charge is -2.19. The zero-order valence-electron chi connectivity index (χ0n) is 14.3. The van der Waals surface area contributed by atoms with Crippen molar-refractivity contribution in [2.75, 3.05) is 6.54 Å². The number of benzene rings is 2. The molecular formula is C20H20Cl2N2O2. The molecule has 2 aromatic carbocycles. The number of carbonyl (C=O) groups excluding carboxylic acids is 2. The van der Waals surface area contributed by atoms with Crippen molar-refractivity contribution in [2.45, 2.75) is 19.4 Å². The molecule has 0 aromatic heterocycles. The molecule has 2 N–H and O–H groups in total. The predicted octanol–water partition coefficient (Wildman–Crippen LogP) is 4.24. The van der Waals surface area contributed by atoms with E-state index in [1.165, 1.54) is 12.1 Å². The monoisotopic (exact) mass is 390 g/mol. The molecular weight excluding hydrogens is 371 g/mol. The standard InChI is InChI=1S/C20H20Cl2N2O2/c1-12-9-16(12)19(13-5-3-2-4-6-13)24-18(25)11-23-20(26)15-8-7-14(21)10-17(15)22/h2-8,10,12,16,19H,9,11H2,1H3,(H,23,26)(H,24,25). The number of nitrogens with one attached hydrogen (secondary N) is 2. The Hall–Kier alpha value is -2.04. The number of hydrogen-bond donors (Lipinski definition) is 2. The summed E-state index contributed by atoms with van der Waals surface area (Å²) >= 11 is 11.9. The van der Waals surface area contributed by atoms with Gasteiger partial charge >= 0.3 is 0 Å². The van der Waals surface area contributed by atoms with Crippen molar-refractivity contribution in [3.8, 4) is 0 Å². The molecule has 6 heteroatoms. The van der Waals surface area contributed by atoms with Gasteiger partial charge in [0.1, 0.15) is 0 Å². The number of rotatable bonds is 6. The summed E-state index contributed by atoms with van der Waals surface area (Å²) < 4.78 is 0. The average Bonchev–Trinajstić information content (AvgIpc) is 3.34. The van der Waals surface area contributed by atoms with Gasteiger partial charge < -0.3 is 10.6 Å². The molecule has 0 saturated heterocycles. The van der Waals surface area contributed by atoms with Crippen LogP contribution in [0.25, 0.3) is 0 Å². The predicted molar refractivity (Wildman–Crippen MR) is 103 cm³/mol. The van der Waals surface area contributed by atoms with E-state index in [0.29, 0.717) is 22.4 Å². The Kier molecular flexibility index (Phi) is 5.84. The Morgan fingerprint density at radius 1 is 1.15 bits per heavy atom. The van der Waals surface area contributed by atoms with Gasteiger partial charge in [-0.05, 0) is 42.0 Å². The van der Waals surface area contributed by atoms with Gasteiger partial charge in [-0.3, -0.25) is 9.59 Å². The van der Waals surface area contributed by atoms with Crippen molar-refractivity contribution in [3.05, 3.63) is 69.7 Å². The smallest absolute Gasteiger partial charge is 0.253 e. The normalized spacial score (nSPS) is 19.5. The van der Waals surface area contributed by atoms with Gasteiger partial charge in [0.25, 0.3) is 5.91 Å². The lowest BCUT2D eigenvalue weighted by atomic mass is 10.0. The highest BCUT2D eigenvalue weighted by atomic mass is 35.5. The quantitative estimate of drug-likeness (QED) is 0.774. The highest BCUT2D eigenvalue weighted by Gasteiger charge is 2.40. The first-order valence-electron chi connectivity index (χ1n) is 8.53. The van der Waals surface area contributed by atoms with Gasteiger partial charge in [0.2, 0.25) is 5.91 Å². The van der Waals surface area contributed by atoms with Crippen molar-refractivity contribution in [1.29, 1.82) is 0 Å². The Balaban J connectivity index is 1.59. The summed E-state index contributed by atoms with van der Waals surface area (Å²) in [4.78, 5) is 24.6. The number of carbonyl (C=O) groups is 2. The molecule has 1 saturated carbocycles. The van der Waals surface area contributed by atoms with Crippen LogP contribution in [0, 0.1) is 11.8 Å². The summed E-state index contributed by atoms with van der Waals surface area (Å²) in [7, 11) is 0. The average molecular weight is 391 g/mol. The van der Waals surface area contributed by atoms with Crippen LogP contribution < -0.4 is 10.6 Å². The second-order valence-corrected chi connectivity index (χ2v) is 7.48. The van der Waals surface area contributed by atoms with Gasteiger partial charge in [0, 0.05) is 5.02 Å². The van der Waals surface area contributed by atoms with E-state index in [0.717, 1.165) is 12.0 Å². The third-order valence-electron chi connectivity index (χ3n) is 4.66. The van der Waals surface area contributed by atoms with E-state index in [-0.39, 0.29) is 23.5 Å². The fourth-order valence-corrected chi connectivity index (χ4v) is 3.56. The summed E-state index contributed by atoms with van der Waals surface area (Å²) in [6, 6.07) is 14.5. The maximum atomic E-state index is 12.4. The first-order valence-corrected chi connectivity index (χ1v) is 9.29. The lowest BCUT2D eigenvalue weighted by Crippen LogP contribution is -2.39. The Labute approximate surface area is 162 Å². The zero-order chi connectivity index (χ0) is 18.7. The van der Waals surface area contributed by atoms with E-state index in [1.807, 2.05) is 30.3 Å². The Morgan fingerprint density at radius 2 is 1.85 bits per heavy atom. The Bertz CT molecular complexity index is 811. The van der Waals surface area contributed by atoms with Crippen LogP contribution in [0.4, 0.5) is 0 Å². The van der Waals surface area contributed by atoms with Crippen LogP contribution in [0.5, 0.6) is 0 Å². The fourth-order valence-electron chi connectivity index (χ4n) is 3.07. The van der Waals surface area contributed by atoms with Crippen LogP contribution in [0.3, 0.4) is 0 Å². The van der Waals surface area contributed by atoms with Crippen molar-refractivity contribution in [2.24, 2.45) is 11.8 Å². The van der Waals surface area contributed by atoms with Crippen LogP contribution in [-0.2, 0) is 4.79 Å². The molecule has 3 atom stereocenters. The van der Waals surface area contributed by atoms with Gasteiger partial charge in [-0.1, -0.05) is 60.5 Å². The molecule has 0 bridgehead atoms. The molecule has 1 fully saturated rings. The maximum Gasteiger partial charge on any atom is 0.253 e. The number of amides is 2. The summed E-state index contributed by atoms with van der Waals surface area (Å²) in [5.41, 5.74) is 1.38. The molecule has 3 unspecified atom stereocenters. The van der Waals surface area contributed by atoms with Crippen molar-refractivity contribution in [3.63, 3.8) is 0 Å². The maximum absolute atomic E-state index is 12.4. The van der Waals surface area contributed by atoms with E-state index >= 15 is 0 Å². The van der Waals surface area contributed by atoms with Crippen LogP contribution in [0.1, 0.15) is 35.3 Å². The zero-order valence-corrected chi connectivity index (χ0v) is 15.8. The first-order chi connectivity index (χ1) is 12.5. The summed E-state index contributed by atoms with van der Waals surface area (Å²) in [5, 5.41) is 6.36. The van der Waals surface area contributed by atoms with Crippen LogP contribution in [0.15, 0.2) is 48.5 Å². The summed E-state index contributed by atoms with van der Waals surface area (Å²) in [5.74, 6) is 0.389. The molecule has 0 heterocycles. The third-order valence-corrected chi connectivity index (χ3v) is 5.21. The molecule has 0 spiro atoms.